The topological polar surface area (TPSA) is 81.9 Å². The summed E-state index contributed by atoms with van der Waals surface area (Å²) in [7, 11) is 1.23. The highest BCUT2D eigenvalue weighted by atomic mass is 19.3. The number of nitro benzene ring substituents is 1. The van der Waals surface area contributed by atoms with E-state index in [0.29, 0.717) is 19.0 Å². The summed E-state index contributed by atoms with van der Waals surface area (Å²) in [6.07, 6.45) is 4.50. The Morgan fingerprint density at radius 3 is 2.73 bits per heavy atom. The number of likely N-dealkylation sites (tertiary alicyclic amines) is 1. The van der Waals surface area contributed by atoms with E-state index in [1.807, 2.05) is 0 Å². The van der Waals surface area contributed by atoms with E-state index in [0.717, 1.165) is 18.9 Å². The monoisotopic (exact) mass is 370 g/mol. The zero-order valence-electron chi connectivity index (χ0n) is 14.5. The van der Waals surface area contributed by atoms with Gasteiger partial charge in [0.1, 0.15) is 0 Å². The summed E-state index contributed by atoms with van der Waals surface area (Å²) >= 11 is 0. The van der Waals surface area contributed by atoms with Crippen LogP contribution in [0.15, 0.2) is 18.2 Å². The Morgan fingerprint density at radius 1 is 1.42 bits per heavy atom. The van der Waals surface area contributed by atoms with Gasteiger partial charge in [-0.05, 0) is 30.9 Å². The van der Waals surface area contributed by atoms with Crippen LogP contribution >= 0.6 is 0 Å². The van der Waals surface area contributed by atoms with Gasteiger partial charge in [-0.15, -0.1) is 0 Å². The standard InChI is InChI=1S/C17H20F2N2O5/c1-11-4-3-7-20(10-11)16(22)6-5-12-8-14(25-2)15(26-17(18)19)9-13(12)21(23)24/h5-6,8-9,11,17H,3-4,7,10H2,1-2H3. The number of carbonyl (C=O) groups excluding carboxylic acids is 1. The Balaban J connectivity index is 2.29. The lowest BCUT2D eigenvalue weighted by molar-refractivity contribution is -0.385. The molecule has 9 heteroatoms. The molecule has 0 aliphatic carbocycles. The fourth-order valence-electron chi connectivity index (χ4n) is 2.86. The second-order valence-corrected chi connectivity index (χ2v) is 6.06. The summed E-state index contributed by atoms with van der Waals surface area (Å²) in [5.41, 5.74) is -0.399. The first kappa shape index (κ1) is 19.6. The molecular weight excluding hydrogens is 350 g/mol. The number of methoxy groups -OCH3 is 1. The lowest BCUT2D eigenvalue weighted by atomic mass is 10.0. The number of alkyl halides is 2. The van der Waals surface area contributed by atoms with E-state index in [2.05, 4.69) is 11.7 Å². The highest BCUT2D eigenvalue weighted by Crippen LogP contribution is 2.36. The fourth-order valence-corrected chi connectivity index (χ4v) is 2.86. The van der Waals surface area contributed by atoms with Gasteiger partial charge in [0.05, 0.1) is 23.7 Å². The average Bonchev–Trinajstić information content (AvgIpc) is 2.59. The van der Waals surface area contributed by atoms with Crippen LogP contribution in [-0.4, -0.2) is 42.5 Å². The minimum atomic E-state index is -3.15. The van der Waals surface area contributed by atoms with Crippen molar-refractivity contribution in [1.82, 2.24) is 4.90 Å². The molecular formula is C17H20F2N2O5. The van der Waals surface area contributed by atoms with Crippen molar-refractivity contribution >= 4 is 17.7 Å². The van der Waals surface area contributed by atoms with E-state index in [1.165, 1.54) is 25.3 Å². The van der Waals surface area contributed by atoms with Gasteiger partial charge in [0.15, 0.2) is 11.5 Å². The Labute approximate surface area is 149 Å². The number of nitro groups is 1. The fraction of sp³-hybridized carbons (Fsp3) is 0.471. The summed E-state index contributed by atoms with van der Waals surface area (Å²) in [6.45, 7) is 0.184. The number of piperidine rings is 1. The number of carbonyl (C=O) groups is 1. The number of ether oxygens (including phenoxy) is 2. The first-order chi connectivity index (χ1) is 12.3. The number of benzene rings is 1. The molecule has 1 heterocycles. The molecule has 1 aromatic rings. The molecule has 26 heavy (non-hydrogen) atoms. The molecule has 1 aliphatic rings. The predicted octanol–water partition coefficient (Wildman–Crippen LogP) is 3.48. The summed E-state index contributed by atoms with van der Waals surface area (Å²) in [4.78, 5) is 24.5. The Morgan fingerprint density at radius 2 is 2.15 bits per heavy atom. The van der Waals surface area contributed by atoms with E-state index in [-0.39, 0.29) is 17.2 Å². The van der Waals surface area contributed by atoms with Crippen LogP contribution in [0.1, 0.15) is 25.3 Å². The van der Waals surface area contributed by atoms with Crippen LogP contribution in [0.3, 0.4) is 0 Å². The smallest absolute Gasteiger partial charge is 0.387 e. The number of halogens is 2. The third-order valence-corrected chi connectivity index (χ3v) is 4.10. The molecule has 1 saturated heterocycles. The van der Waals surface area contributed by atoms with Crippen molar-refractivity contribution in [1.29, 1.82) is 0 Å². The number of rotatable bonds is 6. The number of hydrogen-bond donors (Lipinski definition) is 0. The lowest BCUT2D eigenvalue weighted by Crippen LogP contribution is -2.38. The maximum atomic E-state index is 12.4. The zero-order valence-corrected chi connectivity index (χ0v) is 14.5. The van der Waals surface area contributed by atoms with Crippen molar-refractivity contribution in [2.24, 2.45) is 5.92 Å². The highest BCUT2D eigenvalue weighted by molar-refractivity contribution is 5.92. The number of hydrogen-bond acceptors (Lipinski definition) is 5. The third kappa shape index (κ3) is 4.90. The molecule has 0 N–H and O–H groups in total. The van der Waals surface area contributed by atoms with Crippen molar-refractivity contribution in [3.8, 4) is 11.5 Å². The van der Waals surface area contributed by atoms with Crippen molar-refractivity contribution in [2.75, 3.05) is 20.2 Å². The maximum Gasteiger partial charge on any atom is 0.387 e. The molecule has 0 bridgehead atoms. The van der Waals surface area contributed by atoms with E-state index < -0.39 is 23.0 Å². The molecule has 1 aliphatic heterocycles. The minimum absolute atomic E-state index is 0.0619. The van der Waals surface area contributed by atoms with E-state index in [1.54, 1.807) is 4.90 Å². The molecule has 0 saturated carbocycles. The van der Waals surface area contributed by atoms with E-state index in [9.17, 15) is 23.7 Å². The van der Waals surface area contributed by atoms with Gasteiger partial charge in [-0.3, -0.25) is 14.9 Å². The lowest BCUT2D eigenvalue weighted by Gasteiger charge is -2.30. The molecule has 1 unspecified atom stereocenters. The highest BCUT2D eigenvalue weighted by Gasteiger charge is 2.22. The summed E-state index contributed by atoms with van der Waals surface area (Å²) in [5, 5.41) is 11.2. The Hall–Kier alpha value is -2.71. The molecule has 1 fully saturated rings. The minimum Gasteiger partial charge on any atom is -0.493 e. The molecule has 0 spiro atoms. The van der Waals surface area contributed by atoms with Crippen LogP contribution in [-0.2, 0) is 4.79 Å². The first-order valence-electron chi connectivity index (χ1n) is 8.10. The average molecular weight is 370 g/mol. The summed E-state index contributed by atoms with van der Waals surface area (Å²) < 4.78 is 34.1. The SMILES string of the molecule is COc1cc(C=CC(=O)N2CCCC(C)C2)c([N+](=O)[O-])cc1OC(F)F. The van der Waals surface area contributed by atoms with Crippen LogP contribution in [0.2, 0.25) is 0 Å². The number of amides is 1. The second kappa shape index (κ2) is 8.59. The van der Waals surface area contributed by atoms with Crippen LogP contribution in [0.4, 0.5) is 14.5 Å². The van der Waals surface area contributed by atoms with Gasteiger partial charge in [-0.25, -0.2) is 0 Å². The van der Waals surface area contributed by atoms with Gasteiger partial charge in [0.25, 0.3) is 5.69 Å². The van der Waals surface area contributed by atoms with Crippen LogP contribution in [0.5, 0.6) is 11.5 Å². The summed E-state index contributed by atoms with van der Waals surface area (Å²) in [5.74, 6) is -0.379. The molecule has 0 radical (unpaired) electrons. The van der Waals surface area contributed by atoms with Crippen molar-refractivity contribution in [3.05, 3.63) is 33.9 Å². The van der Waals surface area contributed by atoms with Gasteiger partial charge in [0.2, 0.25) is 5.91 Å². The third-order valence-electron chi connectivity index (χ3n) is 4.10. The zero-order chi connectivity index (χ0) is 19.3. The Kier molecular flexibility index (Phi) is 6.48. The predicted molar refractivity (Wildman–Crippen MR) is 90.3 cm³/mol. The quantitative estimate of drug-likeness (QED) is 0.435. The van der Waals surface area contributed by atoms with Crippen LogP contribution in [0.25, 0.3) is 6.08 Å². The molecule has 142 valence electrons. The first-order valence-corrected chi connectivity index (χ1v) is 8.10. The van der Waals surface area contributed by atoms with Crippen LogP contribution < -0.4 is 9.47 Å². The molecule has 1 amide bonds. The normalized spacial score (nSPS) is 17.6. The van der Waals surface area contributed by atoms with E-state index in [4.69, 9.17) is 4.74 Å². The van der Waals surface area contributed by atoms with Gasteiger partial charge in [-0.1, -0.05) is 6.92 Å². The van der Waals surface area contributed by atoms with Gasteiger partial charge >= 0.3 is 6.61 Å². The van der Waals surface area contributed by atoms with Gasteiger partial charge in [-0.2, -0.15) is 8.78 Å². The molecule has 1 aromatic carbocycles. The molecule has 2 rings (SSSR count). The van der Waals surface area contributed by atoms with E-state index >= 15 is 0 Å². The number of nitrogens with zero attached hydrogens (tertiary/aromatic N) is 2. The summed E-state index contributed by atoms with van der Waals surface area (Å²) in [6, 6.07) is 2.05. The largest absolute Gasteiger partial charge is 0.493 e. The Bertz CT molecular complexity index is 709. The van der Waals surface area contributed by atoms with Gasteiger partial charge in [0, 0.05) is 19.2 Å². The van der Waals surface area contributed by atoms with Crippen molar-refractivity contribution < 1.29 is 28.0 Å². The van der Waals surface area contributed by atoms with Gasteiger partial charge < -0.3 is 14.4 Å². The van der Waals surface area contributed by atoms with Crippen molar-refractivity contribution in [3.63, 3.8) is 0 Å². The molecule has 1 atom stereocenters. The maximum absolute atomic E-state index is 12.4. The van der Waals surface area contributed by atoms with Crippen LogP contribution in [0, 0.1) is 16.0 Å². The molecule has 0 aromatic heterocycles. The second-order valence-electron chi connectivity index (χ2n) is 6.06. The molecule has 7 nitrogen and oxygen atoms in total. The van der Waals surface area contributed by atoms with Crippen molar-refractivity contribution in [2.45, 2.75) is 26.4 Å².